The Balaban J connectivity index is 2.40. The number of ether oxygens (including phenoxy) is 1. The van der Waals surface area contributed by atoms with Crippen LogP contribution >= 0.6 is 0 Å². The molecule has 8 nitrogen and oxygen atoms in total. The molecular formula is C20H21N3O5S. The Morgan fingerprint density at radius 3 is 2.34 bits per heavy atom. The minimum Gasteiger partial charge on any atom is -0.452 e. The van der Waals surface area contributed by atoms with Crippen LogP contribution in [0.1, 0.15) is 35.7 Å². The van der Waals surface area contributed by atoms with Crippen molar-refractivity contribution in [1.82, 2.24) is 0 Å². The van der Waals surface area contributed by atoms with Gasteiger partial charge >= 0.3 is 5.97 Å². The molecule has 0 spiro atoms. The van der Waals surface area contributed by atoms with E-state index in [0.717, 1.165) is 0 Å². The van der Waals surface area contributed by atoms with Crippen molar-refractivity contribution in [2.75, 3.05) is 12.3 Å². The van der Waals surface area contributed by atoms with E-state index < -0.39 is 15.9 Å². The molecule has 0 radical (unpaired) electrons. The van der Waals surface area contributed by atoms with Crippen molar-refractivity contribution in [3.63, 3.8) is 0 Å². The van der Waals surface area contributed by atoms with Gasteiger partial charge < -0.3 is 16.2 Å². The number of anilines is 1. The molecular weight excluding hydrogens is 394 g/mol. The molecule has 9 heteroatoms. The van der Waals surface area contributed by atoms with Gasteiger partial charge in [-0.2, -0.15) is 0 Å². The summed E-state index contributed by atoms with van der Waals surface area (Å²) < 4.78 is 27.8. The first-order valence-electron chi connectivity index (χ1n) is 8.64. The monoisotopic (exact) mass is 415 g/mol. The Hall–Kier alpha value is -3.35. The number of primary sulfonamides is 1. The minimum absolute atomic E-state index is 0.0558. The zero-order chi connectivity index (χ0) is 21.6. The van der Waals surface area contributed by atoms with Gasteiger partial charge in [-0.05, 0) is 36.2 Å². The number of nitrogens with two attached hydrogens (primary N) is 3. The second-order valence-electron chi connectivity index (χ2n) is 6.13. The standard InChI is InChI=1S/C20H21N3O5S/c1-2-4-18(24)28-10-3-5-13-11-16(19(21)17(12-13)20(22)25)14-6-8-15(9-7-14)29(23,26)27/h6-9,11-12H,2,4,10,21H2,1H3,(H2,22,25)(H2,23,26,27). The van der Waals surface area contributed by atoms with Crippen LogP contribution in [-0.2, 0) is 19.6 Å². The van der Waals surface area contributed by atoms with Crippen LogP contribution in [0.2, 0.25) is 0 Å². The highest BCUT2D eigenvalue weighted by molar-refractivity contribution is 7.89. The van der Waals surface area contributed by atoms with Crippen molar-refractivity contribution in [1.29, 1.82) is 0 Å². The summed E-state index contributed by atoms with van der Waals surface area (Å²) in [5, 5.41) is 5.10. The summed E-state index contributed by atoms with van der Waals surface area (Å²) in [4.78, 5) is 23.1. The van der Waals surface area contributed by atoms with Crippen LogP contribution in [0.3, 0.4) is 0 Å². The number of rotatable bonds is 6. The molecule has 6 N–H and O–H groups in total. The fraction of sp³-hybridized carbons (Fsp3) is 0.200. The third-order valence-electron chi connectivity index (χ3n) is 3.93. The third kappa shape index (κ3) is 5.81. The van der Waals surface area contributed by atoms with Gasteiger partial charge in [-0.1, -0.05) is 30.9 Å². The largest absolute Gasteiger partial charge is 0.452 e. The fourth-order valence-electron chi connectivity index (χ4n) is 2.52. The number of hydrogen-bond acceptors (Lipinski definition) is 6. The highest BCUT2D eigenvalue weighted by Gasteiger charge is 2.14. The SMILES string of the molecule is CCCC(=O)OCC#Cc1cc(C(N)=O)c(N)c(-c2ccc(S(N)(=O)=O)cc2)c1. The van der Waals surface area contributed by atoms with E-state index in [-0.39, 0.29) is 28.7 Å². The van der Waals surface area contributed by atoms with Gasteiger partial charge in [-0.25, -0.2) is 13.6 Å². The van der Waals surface area contributed by atoms with Gasteiger partial charge in [0.25, 0.3) is 5.91 Å². The molecule has 0 saturated carbocycles. The van der Waals surface area contributed by atoms with E-state index in [1.54, 1.807) is 6.07 Å². The summed E-state index contributed by atoms with van der Waals surface area (Å²) in [5.74, 6) is 4.43. The van der Waals surface area contributed by atoms with E-state index in [9.17, 15) is 18.0 Å². The smallest absolute Gasteiger partial charge is 0.306 e. The van der Waals surface area contributed by atoms with Gasteiger partial charge in [0.15, 0.2) is 6.61 Å². The quantitative estimate of drug-likeness (QED) is 0.368. The fourth-order valence-corrected chi connectivity index (χ4v) is 3.04. The van der Waals surface area contributed by atoms with Crippen LogP contribution in [0, 0.1) is 11.8 Å². The molecule has 0 bridgehead atoms. The second-order valence-corrected chi connectivity index (χ2v) is 7.69. The minimum atomic E-state index is -3.84. The van der Waals surface area contributed by atoms with Crippen molar-refractivity contribution < 1.29 is 22.7 Å². The Kier molecular flexibility index (Phi) is 6.98. The summed E-state index contributed by atoms with van der Waals surface area (Å²) in [6.07, 6.45) is 0.994. The molecule has 0 unspecified atom stereocenters. The average Bonchev–Trinajstić information content (AvgIpc) is 2.65. The van der Waals surface area contributed by atoms with E-state index in [2.05, 4.69) is 11.8 Å². The number of primary amides is 1. The molecule has 0 aliphatic heterocycles. The van der Waals surface area contributed by atoms with Crippen LogP contribution in [-0.4, -0.2) is 26.9 Å². The molecule has 0 aromatic heterocycles. The number of nitrogen functional groups attached to an aromatic ring is 1. The molecule has 2 aromatic carbocycles. The first kappa shape index (κ1) is 21.9. The summed E-state index contributed by atoms with van der Waals surface area (Å²) in [5.41, 5.74) is 13.1. The molecule has 0 aliphatic rings. The summed E-state index contributed by atoms with van der Waals surface area (Å²) in [6, 6.07) is 8.77. The van der Waals surface area contributed by atoms with Crippen molar-refractivity contribution in [2.45, 2.75) is 24.7 Å². The molecule has 1 amide bonds. The molecule has 0 heterocycles. The molecule has 29 heavy (non-hydrogen) atoms. The van der Waals surface area contributed by atoms with Gasteiger partial charge in [-0.15, -0.1) is 0 Å². The number of carbonyl (C=O) groups excluding carboxylic acids is 2. The molecule has 0 aliphatic carbocycles. The topological polar surface area (TPSA) is 156 Å². The zero-order valence-electron chi connectivity index (χ0n) is 15.8. The maximum atomic E-state index is 11.8. The number of esters is 1. The van der Waals surface area contributed by atoms with Gasteiger partial charge in [0.2, 0.25) is 10.0 Å². The lowest BCUT2D eigenvalue weighted by molar-refractivity contribution is -0.142. The summed E-state index contributed by atoms with van der Waals surface area (Å²) >= 11 is 0. The Morgan fingerprint density at radius 1 is 1.14 bits per heavy atom. The molecule has 2 aromatic rings. The summed E-state index contributed by atoms with van der Waals surface area (Å²) in [6.45, 7) is 1.77. The van der Waals surface area contributed by atoms with Crippen LogP contribution in [0.4, 0.5) is 5.69 Å². The maximum Gasteiger partial charge on any atom is 0.306 e. The number of carbonyl (C=O) groups is 2. The van der Waals surface area contributed by atoms with Crippen molar-refractivity contribution in [3.8, 4) is 23.0 Å². The Bertz CT molecular complexity index is 1100. The molecule has 0 atom stereocenters. The zero-order valence-corrected chi connectivity index (χ0v) is 16.6. The van der Waals surface area contributed by atoms with Crippen LogP contribution in [0.25, 0.3) is 11.1 Å². The normalized spacial score (nSPS) is 10.7. The Labute approximate surface area is 169 Å². The first-order valence-corrected chi connectivity index (χ1v) is 10.2. The van der Waals surface area contributed by atoms with Gasteiger partial charge in [0, 0.05) is 17.5 Å². The molecule has 2 rings (SSSR count). The number of benzene rings is 2. The molecule has 0 fully saturated rings. The van der Waals surface area contributed by atoms with Gasteiger partial charge in [0.05, 0.1) is 16.1 Å². The lowest BCUT2D eigenvalue weighted by Crippen LogP contribution is -2.14. The van der Waals surface area contributed by atoms with Crippen molar-refractivity contribution in [2.24, 2.45) is 10.9 Å². The van der Waals surface area contributed by atoms with Crippen LogP contribution < -0.4 is 16.6 Å². The highest BCUT2D eigenvalue weighted by Crippen LogP contribution is 2.30. The van der Waals surface area contributed by atoms with E-state index >= 15 is 0 Å². The highest BCUT2D eigenvalue weighted by atomic mass is 32.2. The van der Waals surface area contributed by atoms with E-state index in [0.29, 0.717) is 29.5 Å². The lowest BCUT2D eigenvalue weighted by atomic mass is 9.97. The predicted molar refractivity (Wildman–Crippen MR) is 109 cm³/mol. The molecule has 0 saturated heterocycles. The maximum absolute atomic E-state index is 11.8. The van der Waals surface area contributed by atoms with Gasteiger partial charge in [-0.3, -0.25) is 9.59 Å². The predicted octanol–water partition coefficient (Wildman–Crippen LogP) is 1.38. The average molecular weight is 415 g/mol. The van der Waals surface area contributed by atoms with Crippen LogP contribution in [0.5, 0.6) is 0 Å². The van der Waals surface area contributed by atoms with Gasteiger partial charge in [0.1, 0.15) is 0 Å². The first-order chi connectivity index (χ1) is 13.6. The van der Waals surface area contributed by atoms with Crippen molar-refractivity contribution >= 4 is 27.6 Å². The number of hydrogen-bond donors (Lipinski definition) is 3. The number of amides is 1. The van der Waals surface area contributed by atoms with E-state index in [1.807, 2.05) is 6.92 Å². The van der Waals surface area contributed by atoms with Crippen molar-refractivity contribution in [3.05, 3.63) is 47.5 Å². The number of sulfonamides is 1. The van der Waals surface area contributed by atoms with E-state index in [1.165, 1.54) is 30.3 Å². The van der Waals surface area contributed by atoms with E-state index in [4.69, 9.17) is 21.3 Å². The second kappa shape index (κ2) is 9.23. The third-order valence-corrected chi connectivity index (χ3v) is 4.86. The lowest BCUT2D eigenvalue weighted by Gasteiger charge is -2.11. The molecule has 152 valence electrons. The van der Waals surface area contributed by atoms with Crippen LogP contribution in [0.15, 0.2) is 41.3 Å². The summed E-state index contributed by atoms with van der Waals surface area (Å²) in [7, 11) is -3.84. The Morgan fingerprint density at radius 2 is 1.79 bits per heavy atom.